The van der Waals surface area contributed by atoms with Gasteiger partial charge in [0.25, 0.3) is 0 Å². The summed E-state index contributed by atoms with van der Waals surface area (Å²) in [5.41, 5.74) is 3.54. The van der Waals surface area contributed by atoms with Crippen LogP contribution in [0.1, 0.15) is 47.4 Å². The van der Waals surface area contributed by atoms with Gasteiger partial charge in [-0.25, -0.2) is 0 Å². The van der Waals surface area contributed by atoms with E-state index in [1.54, 1.807) is 36.0 Å². The van der Waals surface area contributed by atoms with Gasteiger partial charge in [-0.3, -0.25) is 9.59 Å². The number of carbonyl (C=O) groups is 2. The summed E-state index contributed by atoms with van der Waals surface area (Å²) in [7, 11) is 0. The van der Waals surface area contributed by atoms with Gasteiger partial charge in [0.15, 0.2) is 0 Å². The number of rotatable bonds is 8. The van der Waals surface area contributed by atoms with Crippen LogP contribution in [0.25, 0.3) is 27.5 Å². The predicted octanol–water partition coefficient (Wildman–Crippen LogP) is 6.35. The van der Waals surface area contributed by atoms with Crippen LogP contribution in [0.2, 0.25) is 0 Å². The Labute approximate surface area is 206 Å². The van der Waals surface area contributed by atoms with Gasteiger partial charge < -0.3 is 15.0 Å². The summed E-state index contributed by atoms with van der Waals surface area (Å²) in [5, 5.41) is 26.2. The molecule has 0 saturated heterocycles. The van der Waals surface area contributed by atoms with Crippen LogP contribution in [0.15, 0.2) is 75.9 Å². The normalized spacial score (nSPS) is 12.4. The van der Waals surface area contributed by atoms with Crippen molar-refractivity contribution in [2.24, 2.45) is 10.3 Å². The third kappa shape index (κ3) is 4.44. The van der Waals surface area contributed by atoms with E-state index in [2.05, 4.69) is 14.9 Å². The molecule has 1 aromatic heterocycles. The van der Waals surface area contributed by atoms with Crippen LogP contribution < -0.4 is 0 Å². The number of oxime groups is 2. The minimum Gasteiger partial charge on any atom is -0.411 e. The van der Waals surface area contributed by atoms with Gasteiger partial charge in [-0.2, -0.15) is 0 Å². The van der Waals surface area contributed by atoms with E-state index in [9.17, 15) is 14.8 Å². The molecule has 0 aliphatic heterocycles. The molecule has 8 heteroatoms. The predicted molar refractivity (Wildman–Crippen MR) is 140 cm³/mol. The number of hydrogen-bond donors (Lipinski definition) is 2. The van der Waals surface area contributed by atoms with Crippen LogP contribution in [0.5, 0.6) is 0 Å². The third-order valence-electron chi connectivity index (χ3n) is 5.97. The molecule has 3 aromatic carbocycles. The molecule has 7 nitrogen and oxygen atoms in total. The molecule has 0 fully saturated rings. The highest BCUT2D eigenvalue weighted by Gasteiger charge is 2.20. The Morgan fingerprint density at radius 2 is 1.43 bits per heavy atom. The monoisotopic (exact) mass is 487 g/mol. The van der Waals surface area contributed by atoms with Gasteiger partial charge in [-0.1, -0.05) is 23.7 Å². The second-order valence-electron chi connectivity index (χ2n) is 8.14. The zero-order valence-corrected chi connectivity index (χ0v) is 20.5. The summed E-state index contributed by atoms with van der Waals surface area (Å²) < 4.78 is 2.08. The third-order valence-corrected chi connectivity index (χ3v) is 6.71. The molecular weight excluding hydrogens is 462 g/mol. The van der Waals surface area contributed by atoms with E-state index >= 15 is 0 Å². The van der Waals surface area contributed by atoms with Gasteiger partial charge >= 0.3 is 0 Å². The molecule has 0 bridgehead atoms. The van der Waals surface area contributed by atoms with E-state index in [1.807, 2.05) is 49.6 Å². The minimum atomic E-state index is -0.385. The average Bonchev–Trinajstić information content (AvgIpc) is 3.23. The molecule has 0 atom stereocenters. The van der Waals surface area contributed by atoms with E-state index in [0.717, 1.165) is 32.4 Å². The number of benzene rings is 3. The van der Waals surface area contributed by atoms with Crippen molar-refractivity contribution in [1.82, 2.24) is 4.57 Å². The van der Waals surface area contributed by atoms with Gasteiger partial charge in [0.05, 0.1) is 11.0 Å². The smallest absolute Gasteiger partial charge is 0.210 e. The Morgan fingerprint density at radius 3 is 1.91 bits per heavy atom. The number of ketones is 2. The van der Waals surface area contributed by atoms with Gasteiger partial charge in [-0.05, 0) is 80.3 Å². The number of aromatic nitrogens is 1. The Morgan fingerprint density at radius 1 is 0.857 bits per heavy atom. The van der Waals surface area contributed by atoms with Crippen molar-refractivity contribution in [3.8, 4) is 5.69 Å². The minimum absolute atomic E-state index is 0.0139. The Kier molecular flexibility index (Phi) is 7.02. The Bertz CT molecular complexity index is 1500. The van der Waals surface area contributed by atoms with E-state index in [-0.39, 0.29) is 23.0 Å². The van der Waals surface area contributed by atoms with Gasteiger partial charge in [-0.15, -0.1) is 11.8 Å². The first-order chi connectivity index (χ1) is 16.9. The van der Waals surface area contributed by atoms with Crippen LogP contribution in [0, 0.1) is 0 Å². The van der Waals surface area contributed by atoms with Crippen LogP contribution in [-0.2, 0) is 0 Å². The van der Waals surface area contributed by atoms with Gasteiger partial charge in [0.1, 0.15) is 11.4 Å². The molecule has 0 saturated carbocycles. The van der Waals surface area contributed by atoms with Crippen molar-refractivity contribution in [3.63, 3.8) is 0 Å². The summed E-state index contributed by atoms with van der Waals surface area (Å²) in [4.78, 5) is 26.8. The summed E-state index contributed by atoms with van der Waals surface area (Å²) in [6, 6.07) is 18.8. The molecule has 0 unspecified atom stereocenters. The molecule has 0 amide bonds. The molecule has 0 spiro atoms. The average molecular weight is 488 g/mol. The standard InChI is InChI=1S/C27H25N3O4S/c1-4-5-23(29-34)27(32)18-7-13-25-22(15-18)21-14-17(26(31)16(2)28-33)6-12-24(21)30(25)19-8-10-20(35-3)11-9-19/h6-15,33-34H,4-5H2,1-3H3/b28-16+,29-23+. The molecule has 35 heavy (non-hydrogen) atoms. The van der Waals surface area contributed by atoms with Crippen LogP contribution in [0.3, 0.4) is 0 Å². The van der Waals surface area contributed by atoms with Gasteiger partial charge in [0.2, 0.25) is 11.6 Å². The Balaban J connectivity index is 1.99. The fraction of sp³-hybridized carbons (Fsp3) is 0.185. The zero-order valence-electron chi connectivity index (χ0n) is 19.6. The lowest BCUT2D eigenvalue weighted by Gasteiger charge is -2.09. The largest absolute Gasteiger partial charge is 0.411 e. The van der Waals surface area contributed by atoms with E-state index in [1.165, 1.54) is 6.92 Å². The molecule has 0 aliphatic carbocycles. The van der Waals surface area contributed by atoms with E-state index in [0.29, 0.717) is 24.0 Å². The highest BCUT2D eigenvalue weighted by atomic mass is 32.2. The van der Waals surface area contributed by atoms with E-state index < -0.39 is 0 Å². The number of nitrogens with zero attached hydrogens (tertiary/aromatic N) is 3. The maximum atomic E-state index is 13.0. The summed E-state index contributed by atoms with van der Waals surface area (Å²) in [6.07, 6.45) is 3.07. The molecule has 0 radical (unpaired) electrons. The number of carbonyl (C=O) groups excluding carboxylic acids is 2. The quantitative estimate of drug-likeness (QED) is 0.0990. The van der Waals surface area contributed by atoms with E-state index in [4.69, 9.17) is 5.21 Å². The molecular formula is C27H25N3O4S. The number of Topliss-reactive ketones (excluding diaryl/α,β-unsaturated/α-hetero) is 2. The first kappa shape index (κ1) is 24.2. The number of thioether (sulfide) groups is 1. The molecule has 178 valence electrons. The summed E-state index contributed by atoms with van der Waals surface area (Å²) in [6.45, 7) is 3.36. The highest BCUT2D eigenvalue weighted by Crippen LogP contribution is 2.34. The highest BCUT2D eigenvalue weighted by molar-refractivity contribution is 7.98. The van der Waals surface area contributed by atoms with Gasteiger partial charge in [0, 0.05) is 32.5 Å². The lowest BCUT2D eigenvalue weighted by Crippen LogP contribution is -2.14. The van der Waals surface area contributed by atoms with Crippen LogP contribution in [0.4, 0.5) is 0 Å². The number of hydrogen-bond acceptors (Lipinski definition) is 7. The summed E-state index contributed by atoms with van der Waals surface area (Å²) >= 11 is 1.66. The first-order valence-corrected chi connectivity index (χ1v) is 12.4. The van der Waals surface area contributed by atoms with Crippen molar-refractivity contribution in [2.75, 3.05) is 6.26 Å². The van der Waals surface area contributed by atoms with Crippen molar-refractivity contribution >= 4 is 56.6 Å². The van der Waals surface area contributed by atoms with Crippen molar-refractivity contribution in [3.05, 3.63) is 71.8 Å². The maximum absolute atomic E-state index is 13.0. The zero-order chi connectivity index (χ0) is 25.1. The Hall–Kier alpha value is -3.91. The van der Waals surface area contributed by atoms with Crippen molar-refractivity contribution in [1.29, 1.82) is 0 Å². The van der Waals surface area contributed by atoms with Crippen LogP contribution >= 0.6 is 11.8 Å². The maximum Gasteiger partial charge on any atom is 0.210 e. The van der Waals surface area contributed by atoms with Crippen molar-refractivity contribution in [2.45, 2.75) is 31.6 Å². The first-order valence-electron chi connectivity index (χ1n) is 11.1. The molecule has 0 aliphatic rings. The topological polar surface area (TPSA) is 104 Å². The second-order valence-corrected chi connectivity index (χ2v) is 9.02. The number of fused-ring (bicyclic) bond motifs is 3. The fourth-order valence-corrected chi connectivity index (χ4v) is 4.59. The lowest BCUT2D eigenvalue weighted by molar-refractivity contribution is 0.105. The fourth-order valence-electron chi connectivity index (χ4n) is 4.18. The van der Waals surface area contributed by atoms with Crippen LogP contribution in [-0.4, -0.2) is 44.2 Å². The lowest BCUT2D eigenvalue weighted by atomic mass is 10.00. The SMILES string of the molecule is CCC/C(=N\O)C(=O)c1ccc2c(c1)c1cc(C(=O)/C(C)=N/O)ccc1n2-c1ccc(SC)cc1. The second kappa shape index (κ2) is 10.1. The molecule has 4 rings (SSSR count). The molecule has 2 N–H and O–H groups in total. The summed E-state index contributed by atoms with van der Waals surface area (Å²) in [5.74, 6) is -0.721. The molecule has 4 aromatic rings. The molecule has 1 heterocycles. The van der Waals surface area contributed by atoms with Crippen molar-refractivity contribution < 1.29 is 20.0 Å².